The summed E-state index contributed by atoms with van der Waals surface area (Å²) >= 11 is 0. The molecule has 0 aromatic heterocycles. The molecule has 6 nitrogen and oxygen atoms in total. The second-order valence-electron chi connectivity index (χ2n) is 5.87. The van der Waals surface area contributed by atoms with Crippen molar-refractivity contribution >= 4 is 12.1 Å². The maximum absolute atomic E-state index is 12.0. The van der Waals surface area contributed by atoms with E-state index in [0.717, 1.165) is 11.1 Å². The molecule has 0 aliphatic carbocycles. The van der Waals surface area contributed by atoms with Crippen molar-refractivity contribution < 1.29 is 19.4 Å². The van der Waals surface area contributed by atoms with E-state index in [0.29, 0.717) is 17.1 Å². The van der Waals surface area contributed by atoms with E-state index in [4.69, 9.17) is 9.47 Å². The van der Waals surface area contributed by atoms with Gasteiger partial charge in [0.1, 0.15) is 17.2 Å². The Hall–Kier alpha value is -3.80. The highest BCUT2D eigenvalue weighted by Gasteiger charge is 2.08. The number of carbonyl (C=O) groups excluding carboxylic acids is 1. The van der Waals surface area contributed by atoms with E-state index in [1.54, 1.807) is 12.1 Å². The molecule has 0 aliphatic heterocycles. The number of hydrogen-bond donors (Lipinski definition) is 2. The number of para-hydroxylation sites is 1. The maximum atomic E-state index is 12.0. The molecule has 3 aromatic carbocycles. The molecule has 1 amide bonds. The van der Waals surface area contributed by atoms with Crippen LogP contribution in [0.4, 0.5) is 0 Å². The first-order chi connectivity index (χ1) is 13.7. The summed E-state index contributed by atoms with van der Waals surface area (Å²) in [6.07, 6.45) is 1.34. The zero-order valence-electron chi connectivity index (χ0n) is 15.3. The second-order valence-corrected chi connectivity index (χ2v) is 5.87. The van der Waals surface area contributed by atoms with E-state index >= 15 is 0 Å². The second kappa shape index (κ2) is 9.23. The summed E-state index contributed by atoms with van der Waals surface area (Å²) in [4.78, 5) is 12.0. The van der Waals surface area contributed by atoms with Crippen LogP contribution in [0.3, 0.4) is 0 Å². The molecular formula is C22H20N2O4. The van der Waals surface area contributed by atoms with Crippen LogP contribution in [0.25, 0.3) is 11.1 Å². The lowest BCUT2D eigenvalue weighted by atomic mass is 10.1. The standard InChI is InChI=1S/C22H20N2O4/c1-27-18-11-12-20(25)17(13-18)14-23-24-22(26)15-28-21-10-6-5-9-19(21)16-7-3-2-4-8-16/h2-14,25H,15H2,1H3,(H,24,26)/b23-14-. The topological polar surface area (TPSA) is 80.2 Å². The Morgan fingerprint density at radius 1 is 1.07 bits per heavy atom. The van der Waals surface area contributed by atoms with Crippen LogP contribution in [0.5, 0.6) is 17.2 Å². The average Bonchev–Trinajstić information content (AvgIpc) is 2.74. The molecule has 6 heteroatoms. The quantitative estimate of drug-likeness (QED) is 0.488. The fraction of sp³-hybridized carbons (Fsp3) is 0.0909. The third kappa shape index (κ3) is 4.88. The number of hydrazone groups is 1. The van der Waals surface area contributed by atoms with Gasteiger partial charge in [0.15, 0.2) is 6.61 Å². The van der Waals surface area contributed by atoms with Crippen molar-refractivity contribution in [3.8, 4) is 28.4 Å². The van der Waals surface area contributed by atoms with Crippen molar-refractivity contribution in [2.45, 2.75) is 0 Å². The van der Waals surface area contributed by atoms with E-state index in [1.165, 1.54) is 19.4 Å². The Morgan fingerprint density at radius 3 is 2.61 bits per heavy atom. The number of phenols is 1. The van der Waals surface area contributed by atoms with Gasteiger partial charge in [-0.3, -0.25) is 4.79 Å². The minimum atomic E-state index is -0.415. The molecule has 3 aromatic rings. The van der Waals surface area contributed by atoms with Crippen LogP contribution in [0.15, 0.2) is 77.9 Å². The molecule has 0 fully saturated rings. The molecule has 0 radical (unpaired) electrons. The molecule has 0 saturated heterocycles. The molecule has 0 bridgehead atoms. The molecular weight excluding hydrogens is 356 g/mol. The van der Waals surface area contributed by atoms with E-state index in [-0.39, 0.29) is 12.4 Å². The molecule has 0 saturated carbocycles. The third-order valence-corrected chi connectivity index (χ3v) is 3.96. The first-order valence-electron chi connectivity index (χ1n) is 8.63. The monoisotopic (exact) mass is 376 g/mol. The summed E-state index contributed by atoms with van der Waals surface area (Å²) in [6, 6.07) is 22.0. The van der Waals surface area contributed by atoms with E-state index < -0.39 is 5.91 Å². The number of phenolic OH excluding ortho intramolecular Hbond substituents is 1. The molecule has 142 valence electrons. The van der Waals surface area contributed by atoms with Gasteiger partial charge in [0.05, 0.1) is 13.3 Å². The van der Waals surface area contributed by atoms with Crippen LogP contribution in [-0.4, -0.2) is 30.9 Å². The number of benzene rings is 3. The maximum Gasteiger partial charge on any atom is 0.277 e. The Morgan fingerprint density at radius 2 is 1.82 bits per heavy atom. The van der Waals surface area contributed by atoms with Crippen LogP contribution < -0.4 is 14.9 Å². The Bertz CT molecular complexity index is 971. The summed E-state index contributed by atoms with van der Waals surface area (Å²) in [6.45, 7) is -0.189. The minimum Gasteiger partial charge on any atom is -0.507 e. The normalized spacial score (nSPS) is 10.6. The van der Waals surface area contributed by atoms with Gasteiger partial charge in [-0.25, -0.2) is 5.43 Å². The predicted octanol–water partition coefficient (Wildman–Crippen LogP) is 3.60. The molecule has 0 aliphatic rings. The number of carbonyl (C=O) groups is 1. The highest BCUT2D eigenvalue weighted by atomic mass is 16.5. The fourth-order valence-corrected chi connectivity index (χ4v) is 2.56. The zero-order valence-corrected chi connectivity index (χ0v) is 15.3. The Labute approximate surface area is 163 Å². The Balaban J connectivity index is 1.60. The molecule has 0 heterocycles. The number of methoxy groups -OCH3 is 1. The summed E-state index contributed by atoms with van der Waals surface area (Å²) in [5.41, 5.74) is 4.71. The van der Waals surface area contributed by atoms with Crippen molar-refractivity contribution in [2.24, 2.45) is 5.10 Å². The van der Waals surface area contributed by atoms with Crippen molar-refractivity contribution in [1.82, 2.24) is 5.43 Å². The Kier molecular flexibility index (Phi) is 6.25. The van der Waals surface area contributed by atoms with Gasteiger partial charge in [-0.15, -0.1) is 0 Å². The summed E-state index contributed by atoms with van der Waals surface area (Å²) < 4.78 is 10.8. The van der Waals surface area contributed by atoms with Crippen molar-refractivity contribution in [3.05, 3.63) is 78.4 Å². The largest absolute Gasteiger partial charge is 0.507 e. The molecule has 0 atom stereocenters. The number of nitrogens with one attached hydrogen (secondary N) is 1. The molecule has 0 unspecified atom stereocenters. The predicted molar refractivity (Wildman–Crippen MR) is 108 cm³/mol. The lowest BCUT2D eigenvalue weighted by molar-refractivity contribution is -0.123. The number of rotatable bonds is 7. The number of ether oxygens (including phenoxy) is 2. The highest BCUT2D eigenvalue weighted by molar-refractivity contribution is 5.86. The minimum absolute atomic E-state index is 0.0341. The van der Waals surface area contributed by atoms with E-state index in [1.807, 2.05) is 54.6 Å². The van der Waals surface area contributed by atoms with Gasteiger partial charge in [-0.2, -0.15) is 5.10 Å². The summed E-state index contributed by atoms with van der Waals surface area (Å²) in [5.74, 6) is 0.804. The SMILES string of the molecule is COc1ccc(O)c(/C=N\NC(=O)COc2ccccc2-c2ccccc2)c1. The molecule has 2 N–H and O–H groups in total. The van der Waals surface area contributed by atoms with E-state index in [2.05, 4.69) is 10.5 Å². The molecule has 0 spiro atoms. The van der Waals surface area contributed by atoms with Crippen LogP contribution in [0.1, 0.15) is 5.56 Å². The van der Waals surface area contributed by atoms with Crippen molar-refractivity contribution in [3.63, 3.8) is 0 Å². The molecule has 3 rings (SSSR count). The van der Waals surface area contributed by atoms with Gasteiger partial charge in [0, 0.05) is 11.1 Å². The van der Waals surface area contributed by atoms with Crippen molar-refractivity contribution in [2.75, 3.05) is 13.7 Å². The smallest absolute Gasteiger partial charge is 0.277 e. The van der Waals surface area contributed by atoms with Gasteiger partial charge in [0.25, 0.3) is 5.91 Å². The van der Waals surface area contributed by atoms with Gasteiger partial charge in [0.2, 0.25) is 0 Å². The summed E-state index contributed by atoms with van der Waals surface area (Å²) in [7, 11) is 1.53. The van der Waals surface area contributed by atoms with Crippen molar-refractivity contribution in [1.29, 1.82) is 0 Å². The van der Waals surface area contributed by atoms with Gasteiger partial charge in [-0.05, 0) is 29.8 Å². The fourth-order valence-electron chi connectivity index (χ4n) is 2.56. The third-order valence-electron chi connectivity index (χ3n) is 3.96. The van der Waals surface area contributed by atoms with Gasteiger partial charge < -0.3 is 14.6 Å². The highest BCUT2D eigenvalue weighted by Crippen LogP contribution is 2.29. The van der Waals surface area contributed by atoms with Crippen LogP contribution in [0, 0.1) is 0 Å². The lowest BCUT2D eigenvalue weighted by Gasteiger charge is -2.11. The number of aromatic hydroxyl groups is 1. The van der Waals surface area contributed by atoms with Crippen LogP contribution in [-0.2, 0) is 4.79 Å². The zero-order chi connectivity index (χ0) is 19.8. The first kappa shape index (κ1) is 19.0. The molecule has 28 heavy (non-hydrogen) atoms. The number of nitrogens with zero attached hydrogens (tertiary/aromatic N) is 1. The van der Waals surface area contributed by atoms with Crippen LogP contribution in [0.2, 0.25) is 0 Å². The number of amides is 1. The van der Waals surface area contributed by atoms with E-state index in [9.17, 15) is 9.90 Å². The number of hydrogen-bond acceptors (Lipinski definition) is 5. The summed E-state index contributed by atoms with van der Waals surface area (Å²) in [5, 5.41) is 13.7. The average molecular weight is 376 g/mol. The first-order valence-corrected chi connectivity index (χ1v) is 8.63. The van der Waals surface area contributed by atoms with Gasteiger partial charge in [-0.1, -0.05) is 48.5 Å². The van der Waals surface area contributed by atoms with Crippen LogP contribution >= 0.6 is 0 Å². The van der Waals surface area contributed by atoms with Gasteiger partial charge >= 0.3 is 0 Å². The lowest BCUT2D eigenvalue weighted by Crippen LogP contribution is -2.24.